The summed E-state index contributed by atoms with van der Waals surface area (Å²) in [5.41, 5.74) is 0.747. The summed E-state index contributed by atoms with van der Waals surface area (Å²) < 4.78 is 51.1. The van der Waals surface area contributed by atoms with E-state index in [1.165, 1.54) is 22.7 Å². The second kappa shape index (κ2) is 7.41. The number of amides is 2. The Morgan fingerprint density at radius 2 is 2.08 bits per heavy atom. The molecule has 2 N–H and O–H groups in total. The van der Waals surface area contributed by atoms with Gasteiger partial charge in [0.1, 0.15) is 5.82 Å². The number of alkyl halides is 3. The van der Waals surface area contributed by atoms with E-state index >= 15 is 0 Å². The van der Waals surface area contributed by atoms with Crippen molar-refractivity contribution in [3.63, 3.8) is 0 Å². The molecule has 1 saturated heterocycles. The average Bonchev–Trinajstić information content (AvgIpc) is 2.93. The van der Waals surface area contributed by atoms with Crippen molar-refractivity contribution in [2.45, 2.75) is 36.0 Å². The molecule has 4 nitrogen and oxygen atoms in total. The van der Waals surface area contributed by atoms with Gasteiger partial charge in [-0.15, -0.1) is 11.8 Å². The highest BCUT2D eigenvalue weighted by Gasteiger charge is 2.35. The zero-order valence-corrected chi connectivity index (χ0v) is 14.2. The number of fused-ring (bicyclic) bond motifs is 1. The van der Waals surface area contributed by atoms with Crippen LogP contribution in [-0.2, 0) is 0 Å². The number of nitrogens with one attached hydrogen (secondary N) is 2. The van der Waals surface area contributed by atoms with Gasteiger partial charge >= 0.3 is 12.2 Å². The van der Waals surface area contributed by atoms with Crippen molar-refractivity contribution >= 4 is 17.8 Å². The third kappa shape index (κ3) is 4.78. The van der Waals surface area contributed by atoms with Gasteiger partial charge in [-0.3, -0.25) is 4.90 Å². The maximum Gasteiger partial charge on any atom is 0.401 e. The summed E-state index contributed by atoms with van der Waals surface area (Å²) in [6.07, 6.45) is -3.07. The molecule has 1 aromatic rings. The van der Waals surface area contributed by atoms with Crippen LogP contribution in [0, 0.1) is 5.82 Å². The molecule has 0 spiro atoms. The Morgan fingerprint density at radius 3 is 2.84 bits per heavy atom. The number of hydrogen-bond donors (Lipinski definition) is 2. The van der Waals surface area contributed by atoms with Crippen LogP contribution in [0.3, 0.4) is 0 Å². The predicted octanol–water partition coefficient (Wildman–Crippen LogP) is 3.30. The highest BCUT2D eigenvalue weighted by atomic mass is 32.2. The van der Waals surface area contributed by atoms with Crippen LogP contribution >= 0.6 is 11.8 Å². The average molecular weight is 377 g/mol. The van der Waals surface area contributed by atoms with Gasteiger partial charge in [0.15, 0.2) is 0 Å². The maximum absolute atomic E-state index is 13.8. The molecule has 0 saturated carbocycles. The van der Waals surface area contributed by atoms with Crippen LogP contribution in [0.1, 0.15) is 24.4 Å². The van der Waals surface area contributed by atoms with Crippen molar-refractivity contribution in [2.24, 2.45) is 0 Å². The highest BCUT2D eigenvalue weighted by molar-refractivity contribution is 7.99. The number of thioether (sulfide) groups is 1. The van der Waals surface area contributed by atoms with E-state index in [4.69, 9.17) is 0 Å². The van der Waals surface area contributed by atoms with Crippen molar-refractivity contribution in [1.82, 2.24) is 15.5 Å². The molecule has 9 heteroatoms. The summed E-state index contributed by atoms with van der Waals surface area (Å²) in [5.74, 6) is 0.398. The second-order valence-corrected chi connectivity index (χ2v) is 7.41. The summed E-state index contributed by atoms with van der Waals surface area (Å²) in [7, 11) is 0. The van der Waals surface area contributed by atoms with Crippen molar-refractivity contribution < 1.29 is 22.4 Å². The number of carbonyl (C=O) groups is 1. The van der Waals surface area contributed by atoms with E-state index in [-0.39, 0.29) is 24.4 Å². The quantitative estimate of drug-likeness (QED) is 0.795. The van der Waals surface area contributed by atoms with Gasteiger partial charge in [0, 0.05) is 29.8 Å². The number of hydrogen-bond acceptors (Lipinski definition) is 3. The first-order valence-electron chi connectivity index (χ1n) is 8.09. The first kappa shape index (κ1) is 18.3. The monoisotopic (exact) mass is 377 g/mol. The predicted molar refractivity (Wildman–Crippen MR) is 87.0 cm³/mol. The van der Waals surface area contributed by atoms with Gasteiger partial charge in [0.25, 0.3) is 0 Å². The van der Waals surface area contributed by atoms with Crippen molar-refractivity contribution in [3.8, 4) is 0 Å². The molecule has 138 valence electrons. The van der Waals surface area contributed by atoms with E-state index < -0.39 is 18.8 Å². The molecular weight excluding hydrogens is 358 g/mol. The van der Waals surface area contributed by atoms with Gasteiger partial charge in [-0.2, -0.15) is 13.2 Å². The van der Waals surface area contributed by atoms with E-state index in [1.807, 2.05) is 0 Å². The van der Waals surface area contributed by atoms with Gasteiger partial charge in [-0.25, -0.2) is 9.18 Å². The molecule has 25 heavy (non-hydrogen) atoms. The first-order chi connectivity index (χ1) is 11.8. The van der Waals surface area contributed by atoms with Crippen LogP contribution < -0.4 is 10.6 Å². The lowest BCUT2D eigenvalue weighted by molar-refractivity contribution is -0.143. The standard InChI is InChI=1S/C16H19F4N3OS/c17-12-3-1-2-11-13(5-7-25-14(11)12)22-15(24)21-10-4-6-23(8-10)9-16(18,19)20/h1-3,10,13H,4-9H2,(H2,21,22,24)/t10-,13+/m1/s1. The molecular formula is C16H19F4N3OS. The fraction of sp³-hybridized carbons (Fsp3) is 0.562. The summed E-state index contributed by atoms with van der Waals surface area (Å²) in [6.45, 7) is -0.476. The van der Waals surface area contributed by atoms with Crippen LogP contribution in [0.15, 0.2) is 23.1 Å². The number of rotatable bonds is 3. The Morgan fingerprint density at radius 1 is 1.28 bits per heavy atom. The Labute approximate surface area is 147 Å². The minimum absolute atomic E-state index is 0.179. The molecule has 2 heterocycles. The van der Waals surface area contributed by atoms with Crippen molar-refractivity contribution in [3.05, 3.63) is 29.6 Å². The molecule has 2 aliphatic rings. The number of nitrogens with zero attached hydrogens (tertiary/aromatic N) is 1. The number of urea groups is 1. The number of benzene rings is 1. The van der Waals surface area contributed by atoms with E-state index in [0.717, 1.165) is 5.56 Å². The topological polar surface area (TPSA) is 44.4 Å². The van der Waals surface area contributed by atoms with Crippen molar-refractivity contribution in [1.29, 1.82) is 0 Å². The molecule has 0 bridgehead atoms. The van der Waals surface area contributed by atoms with E-state index in [9.17, 15) is 22.4 Å². The van der Waals surface area contributed by atoms with Gasteiger partial charge in [0.05, 0.1) is 12.6 Å². The molecule has 2 atom stereocenters. The molecule has 1 fully saturated rings. The summed E-state index contributed by atoms with van der Waals surface area (Å²) in [6, 6.07) is 3.76. The normalized spacial score (nSPS) is 24.0. The van der Waals surface area contributed by atoms with Gasteiger partial charge in [0.2, 0.25) is 0 Å². The highest BCUT2D eigenvalue weighted by Crippen LogP contribution is 2.37. The molecule has 0 aliphatic carbocycles. The maximum atomic E-state index is 13.8. The zero-order valence-electron chi connectivity index (χ0n) is 13.4. The fourth-order valence-corrected chi connectivity index (χ4v) is 4.41. The molecule has 3 rings (SSSR count). The molecule has 0 unspecified atom stereocenters. The molecule has 1 aromatic carbocycles. The van der Waals surface area contributed by atoms with Gasteiger partial charge < -0.3 is 10.6 Å². The van der Waals surface area contributed by atoms with Crippen molar-refractivity contribution in [2.75, 3.05) is 25.4 Å². The summed E-state index contributed by atoms with van der Waals surface area (Å²) >= 11 is 1.42. The van der Waals surface area contributed by atoms with Crippen LogP contribution in [-0.4, -0.2) is 48.5 Å². The SMILES string of the molecule is O=C(N[C@@H]1CCN(CC(F)(F)F)C1)N[C@H]1CCSc2c(F)cccc21. The lowest BCUT2D eigenvalue weighted by Gasteiger charge is -2.27. The van der Waals surface area contributed by atoms with Crippen LogP contribution in [0.5, 0.6) is 0 Å². The zero-order chi connectivity index (χ0) is 18.0. The lowest BCUT2D eigenvalue weighted by atomic mass is 10.0. The fourth-order valence-electron chi connectivity index (χ4n) is 3.27. The molecule has 2 amide bonds. The molecule has 0 aromatic heterocycles. The smallest absolute Gasteiger partial charge is 0.334 e. The Kier molecular flexibility index (Phi) is 5.43. The van der Waals surface area contributed by atoms with E-state index in [1.54, 1.807) is 12.1 Å². The third-order valence-corrected chi connectivity index (χ3v) is 5.50. The minimum atomic E-state index is -4.23. The second-order valence-electron chi connectivity index (χ2n) is 6.30. The molecule has 0 radical (unpaired) electrons. The van der Waals surface area contributed by atoms with E-state index in [0.29, 0.717) is 30.0 Å². The Hall–Kier alpha value is -1.48. The van der Waals surface area contributed by atoms with Crippen LogP contribution in [0.25, 0.3) is 0 Å². The Bertz CT molecular complexity index is 640. The summed E-state index contributed by atoms with van der Waals surface area (Å²) in [4.78, 5) is 14.0. The lowest BCUT2D eigenvalue weighted by Crippen LogP contribution is -2.45. The Balaban J connectivity index is 1.54. The van der Waals surface area contributed by atoms with E-state index in [2.05, 4.69) is 10.6 Å². The molecule has 2 aliphatic heterocycles. The first-order valence-corrected chi connectivity index (χ1v) is 9.08. The van der Waals surface area contributed by atoms with Gasteiger partial charge in [-0.05, 0) is 24.5 Å². The summed E-state index contributed by atoms with van der Waals surface area (Å²) in [5, 5.41) is 5.55. The number of carbonyl (C=O) groups excluding carboxylic acids is 1. The number of likely N-dealkylation sites (tertiary alicyclic amines) is 1. The minimum Gasteiger partial charge on any atom is -0.334 e. The third-order valence-electron chi connectivity index (χ3n) is 4.34. The number of halogens is 4. The largest absolute Gasteiger partial charge is 0.401 e. The van der Waals surface area contributed by atoms with Crippen LogP contribution in [0.4, 0.5) is 22.4 Å². The van der Waals surface area contributed by atoms with Crippen LogP contribution in [0.2, 0.25) is 0 Å². The van der Waals surface area contributed by atoms with Gasteiger partial charge in [-0.1, -0.05) is 12.1 Å².